The van der Waals surface area contributed by atoms with E-state index in [1.54, 1.807) is 17.2 Å². The molecule has 180 valence electrons. The van der Waals surface area contributed by atoms with Gasteiger partial charge in [0.1, 0.15) is 12.0 Å². The van der Waals surface area contributed by atoms with E-state index in [1.807, 2.05) is 25.4 Å². The van der Waals surface area contributed by atoms with Gasteiger partial charge in [0.15, 0.2) is 0 Å². The molecule has 1 N–H and O–H groups in total. The lowest BCUT2D eigenvalue weighted by molar-refractivity contribution is -0.133. The Hall–Kier alpha value is -2.62. The van der Waals surface area contributed by atoms with Crippen molar-refractivity contribution in [3.63, 3.8) is 0 Å². The molecule has 0 saturated carbocycles. The zero-order chi connectivity index (χ0) is 23.7. The van der Waals surface area contributed by atoms with Crippen molar-refractivity contribution < 1.29 is 9.32 Å². The number of amides is 1. The first kappa shape index (κ1) is 23.1. The van der Waals surface area contributed by atoms with Gasteiger partial charge in [0.2, 0.25) is 11.8 Å². The summed E-state index contributed by atoms with van der Waals surface area (Å²) in [6.45, 7) is 2.95. The highest BCUT2D eigenvalue weighted by molar-refractivity contribution is 6.35. The molecule has 2 aliphatic rings. The highest BCUT2D eigenvalue weighted by Crippen LogP contribution is 2.35. The standard InChI is InChI=1S/C23H27Cl2N7O2/c1-30(20-14-32-11-8-26-19(32)13-27-20)22(33)5-4-21-28-23(29-34-21)31-9-6-15(7-10-31)17-3-2-16(24)12-18(17)25/h2-3,8,11-12,15,20,27H,4-7,9-10,13-14H2,1H3. The molecule has 0 bridgehead atoms. The Kier molecular flexibility index (Phi) is 6.76. The van der Waals surface area contributed by atoms with E-state index in [2.05, 4.69) is 29.9 Å². The topological polar surface area (TPSA) is 92.3 Å². The Morgan fingerprint density at radius 3 is 2.91 bits per heavy atom. The van der Waals surface area contributed by atoms with E-state index in [0.717, 1.165) is 42.3 Å². The third-order valence-electron chi connectivity index (χ3n) is 6.72. The lowest BCUT2D eigenvalue weighted by atomic mass is 9.89. The average Bonchev–Trinajstić information content (AvgIpc) is 3.51. The van der Waals surface area contributed by atoms with E-state index in [4.69, 9.17) is 27.7 Å². The van der Waals surface area contributed by atoms with E-state index in [1.165, 1.54) is 0 Å². The summed E-state index contributed by atoms with van der Waals surface area (Å²) >= 11 is 12.4. The molecular formula is C23H27Cl2N7O2. The van der Waals surface area contributed by atoms with Crippen LogP contribution in [-0.4, -0.2) is 56.8 Å². The van der Waals surface area contributed by atoms with Crippen LogP contribution in [0.25, 0.3) is 0 Å². The number of benzene rings is 1. The van der Waals surface area contributed by atoms with E-state index in [-0.39, 0.29) is 12.1 Å². The molecule has 2 aromatic heterocycles. The van der Waals surface area contributed by atoms with Crippen LogP contribution in [0.1, 0.15) is 42.5 Å². The first-order valence-corrected chi connectivity index (χ1v) is 12.2. The number of imidazole rings is 1. The molecule has 1 amide bonds. The van der Waals surface area contributed by atoms with Gasteiger partial charge in [-0.05, 0) is 41.6 Å². The van der Waals surface area contributed by atoms with Gasteiger partial charge in [0.25, 0.3) is 5.95 Å². The molecular weight excluding hydrogens is 477 g/mol. The van der Waals surface area contributed by atoms with Crippen molar-refractivity contribution in [2.75, 3.05) is 25.0 Å². The summed E-state index contributed by atoms with van der Waals surface area (Å²) in [4.78, 5) is 25.4. The number of fused-ring (bicyclic) bond motifs is 1. The Labute approximate surface area is 208 Å². The number of anilines is 1. The van der Waals surface area contributed by atoms with Crippen LogP contribution in [-0.2, 0) is 24.3 Å². The minimum absolute atomic E-state index is 0.0291. The molecule has 1 saturated heterocycles. The van der Waals surface area contributed by atoms with Gasteiger partial charge in [-0.1, -0.05) is 29.3 Å². The number of likely N-dealkylation sites (N-methyl/N-ethyl adjacent to an activating group) is 1. The Balaban J connectivity index is 1.11. The van der Waals surface area contributed by atoms with Crippen LogP contribution in [0, 0.1) is 0 Å². The second kappa shape index (κ2) is 9.93. The predicted octanol–water partition coefficient (Wildman–Crippen LogP) is 3.48. The minimum Gasteiger partial charge on any atom is -0.338 e. The van der Waals surface area contributed by atoms with Crippen molar-refractivity contribution in [2.45, 2.75) is 50.9 Å². The molecule has 3 aromatic rings. The molecule has 9 nitrogen and oxygen atoms in total. The minimum atomic E-state index is -0.0668. The Morgan fingerprint density at radius 1 is 1.29 bits per heavy atom. The number of nitrogens with zero attached hydrogens (tertiary/aromatic N) is 6. The summed E-state index contributed by atoms with van der Waals surface area (Å²) in [7, 11) is 1.82. The van der Waals surface area contributed by atoms with E-state index >= 15 is 0 Å². The molecule has 2 aliphatic heterocycles. The summed E-state index contributed by atoms with van der Waals surface area (Å²) in [5, 5.41) is 8.87. The first-order chi connectivity index (χ1) is 16.5. The first-order valence-electron chi connectivity index (χ1n) is 11.5. The van der Waals surface area contributed by atoms with E-state index in [0.29, 0.717) is 48.7 Å². The fourth-order valence-corrected chi connectivity index (χ4v) is 5.22. The number of carbonyl (C=O) groups excluding carboxylic acids is 1. The SMILES string of the molecule is CN(C(=O)CCc1nc(N2CCC(c3ccc(Cl)cc3Cl)CC2)no1)C1Cn2ccnc2CN1. The van der Waals surface area contributed by atoms with Crippen LogP contribution >= 0.6 is 23.2 Å². The van der Waals surface area contributed by atoms with Crippen molar-refractivity contribution in [1.29, 1.82) is 0 Å². The molecule has 11 heteroatoms. The number of carbonyl (C=O) groups is 1. The van der Waals surface area contributed by atoms with Gasteiger partial charge in [0, 0.05) is 55.4 Å². The molecule has 0 spiro atoms. The third-order valence-corrected chi connectivity index (χ3v) is 7.28. The normalized spacial score (nSPS) is 18.7. The Bertz CT molecular complexity index is 1160. The Morgan fingerprint density at radius 2 is 2.12 bits per heavy atom. The summed E-state index contributed by atoms with van der Waals surface area (Å²) in [6.07, 6.45) is 6.27. The average molecular weight is 504 g/mol. The maximum atomic E-state index is 12.7. The van der Waals surface area contributed by atoms with Gasteiger partial charge >= 0.3 is 0 Å². The summed E-state index contributed by atoms with van der Waals surface area (Å²) in [5.74, 6) is 2.45. The maximum absolute atomic E-state index is 12.7. The van der Waals surface area contributed by atoms with Crippen molar-refractivity contribution in [3.05, 3.63) is 57.9 Å². The lowest BCUT2D eigenvalue weighted by Crippen LogP contribution is -2.51. The number of aromatic nitrogens is 4. The fraction of sp³-hybridized carbons (Fsp3) is 0.478. The highest BCUT2D eigenvalue weighted by atomic mass is 35.5. The smallest absolute Gasteiger partial charge is 0.266 e. The van der Waals surface area contributed by atoms with Crippen molar-refractivity contribution in [2.24, 2.45) is 0 Å². The number of nitrogens with one attached hydrogen (secondary N) is 1. The van der Waals surface area contributed by atoms with Crippen LogP contribution < -0.4 is 10.2 Å². The van der Waals surface area contributed by atoms with Gasteiger partial charge in [-0.15, -0.1) is 0 Å². The van der Waals surface area contributed by atoms with Crippen LogP contribution in [0.3, 0.4) is 0 Å². The molecule has 1 fully saturated rings. The van der Waals surface area contributed by atoms with Crippen molar-refractivity contribution in [3.8, 4) is 0 Å². The molecule has 1 atom stereocenters. The number of hydrogen-bond acceptors (Lipinski definition) is 7. The summed E-state index contributed by atoms with van der Waals surface area (Å²) < 4.78 is 7.50. The largest absolute Gasteiger partial charge is 0.338 e. The van der Waals surface area contributed by atoms with E-state index < -0.39 is 0 Å². The van der Waals surface area contributed by atoms with Crippen LogP contribution in [0.15, 0.2) is 35.1 Å². The molecule has 4 heterocycles. The summed E-state index contributed by atoms with van der Waals surface area (Å²) in [5.41, 5.74) is 1.14. The van der Waals surface area contributed by atoms with Gasteiger partial charge < -0.3 is 18.9 Å². The van der Waals surface area contributed by atoms with Gasteiger partial charge in [-0.25, -0.2) is 4.98 Å². The van der Waals surface area contributed by atoms with Crippen molar-refractivity contribution >= 4 is 35.1 Å². The number of rotatable bonds is 6. The lowest BCUT2D eigenvalue weighted by Gasteiger charge is -2.33. The molecule has 5 rings (SSSR count). The quantitative estimate of drug-likeness (QED) is 0.550. The van der Waals surface area contributed by atoms with Gasteiger partial charge in [-0.2, -0.15) is 4.98 Å². The monoisotopic (exact) mass is 503 g/mol. The molecule has 0 radical (unpaired) electrons. The molecule has 1 aromatic carbocycles. The summed E-state index contributed by atoms with van der Waals surface area (Å²) in [6, 6.07) is 5.70. The zero-order valence-corrected chi connectivity index (χ0v) is 20.5. The van der Waals surface area contributed by atoms with Crippen LogP contribution in [0.4, 0.5) is 5.95 Å². The molecule has 0 aliphatic carbocycles. The second-order valence-electron chi connectivity index (χ2n) is 8.81. The van der Waals surface area contributed by atoms with Crippen LogP contribution in [0.5, 0.6) is 0 Å². The number of piperidine rings is 1. The molecule has 1 unspecified atom stereocenters. The zero-order valence-electron chi connectivity index (χ0n) is 19.0. The number of aryl methyl sites for hydroxylation is 1. The molecule has 34 heavy (non-hydrogen) atoms. The number of halogens is 2. The number of hydrogen-bond donors (Lipinski definition) is 1. The van der Waals surface area contributed by atoms with Crippen molar-refractivity contribution in [1.82, 2.24) is 29.9 Å². The predicted molar refractivity (Wildman–Crippen MR) is 129 cm³/mol. The second-order valence-corrected chi connectivity index (χ2v) is 9.66. The van der Waals surface area contributed by atoms with Gasteiger partial charge in [0.05, 0.1) is 13.1 Å². The fourth-order valence-electron chi connectivity index (χ4n) is 4.66. The van der Waals surface area contributed by atoms with Gasteiger partial charge in [-0.3, -0.25) is 10.1 Å². The maximum Gasteiger partial charge on any atom is 0.266 e. The third kappa shape index (κ3) is 4.92. The van der Waals surface area contributed by atoms with Crippen LogP contribution in [0.2, 0.25) is 10.0 Å². The highest BCUT2D eigenvalue weighted by Gasteiger charge is 2.27. The van der Waals surface area contributed by atoms with E-state index in [9.17, 15) is 4.79 Å².